The van der Waals surface area contributed by atoms with Crippen molar-refractivity contribution in [3.8, 4) is 16.9 Å². The van der Waals surface area contributed by atoms with Crippen molar-refractivity contribution in [1.29, 1.82) is 0 Å². The third-order valence-corrected chi connectivity index (χ3v) is 7.36. The molecule has 0 amide bonds. The zero-order chi connectivity index (χ0) is 20.1. The van der Waals surface area contributed by atoms with E-state index in [9.17, 15) is 25.3 Å². The average molecular weight is 455 g/mol. The van der Waals surface area contributed by atoms with Gasteiger partial charge in [0.25, 0.3) is 5.69 Å². The third kappa shape index (κ3) is 4.59. The summed E-state index contributed by atoms with van der Waals surface area (Å²) >= 11 is 3.28. The maximum Gasteiger partial charge on any atom is 0.323 e. The predicted octanol–water partition coefficient (Wildman–Crippen LogP) is 4.80. The smallest absolute Gasteiger partial charge is 0.323 e. The SMILES string of the molecule is CCC[S+](CCC)c1c([N+](=O)[O-])ccc(-c2ccc([N+](=O)[O-])cc2Br)c1[O-]. The summed E-state index contributed by atoms with van der Waals surface area (Å²) in [5.41, 5.74) is 0.546. The van der Waals surface area contributed by atoms with Crippen molar-refractivity contribution in [3.63, 3.8) is 0 Å². The zero-order valence-electron chi connectivity index (χ0n) is 14.9. The lowest BCUT2D eigenvalue weighted by atomic mass is 10.0. The second kappa shape index (κ2) is 9.18. The quantitative estimate of drug-likeness (QED) is 0.323. The number of halogens is 1. The lowest BCUT2D eigenvalue weighted by Crippen LogP contribution is -2.17. The Bertz CT molecular complexity index is 869. The number of nitro groups is 2. The molecule has 0 radical (unpaired) electrons. The van der Waals surface area contributed by atoms with E-state index >= 15 is 0 Å². The summed E-state index contributed by atoms with van der Waals surface area (Å²) in [6.07, 6.45) is 1.65. The lowest BCUT2D eigenvalue weighted by molar-refractivity contribution is -0.389. The minimum atomic E-state index is -0.520. The molecule has 0 aromatic heterocycles. The van der Waals surface area contributed by atoms with Crippen LogP contribution < -0.4 is 5.11 Å². The third-order valence-electron chi connectivity index (χ3n) is 3.93. The normalized spacial score (nSPS) is 11.0. The maximum absolute atomic E-state index is 13.2. The summed E-state index contributed by atoms with van der Waals surface area (Å²) < 4.78 is 0.402. The standard InChI is InChI=1S/C18H19BrN2O5S/c1-3-9-27(10-4-2)18-16(21(25)26)8-7-14(17(18)22)13-6-5-12(20(23)24)11-15(13)19/h5-8,11H,3-4,9-10H2,1-2H3. The molecule has 7 nitrogen and oxygen atoms in total. The summed E-state index contributed by atoms with van der Waals surface area (Å²) in [5.74, 6) is 1.06. The molecule has 0 heterocycles. The molecular formula is C18H19BrN2O5S. The molecule has 2 aromatic carbocycles. The Kier molecular flexibility index (Phi) is 7.20. The summed E-state index contributed by atoms with van der Waals surface area (Å²) in [7, 11) is -0.512. The average Bonchev–Trinajstić information content (AvgIpc) is 2.61. The van der Waals surface area contributed by atoms with Gasteiger partial charge in [0.15, 0.2) is 0 Å². The van der Waals surface area contributed by atoms with Gasteiger partial charge in [-0.15, -0.1) is 0 Å². The van der Waals surface area contributed by atoms with Crippen LogP contribution in [0, 0.1) is 20.2 Å². The van der Waals surface area contributed by atoms with E-state index in [1.165, 1.54) is 30.3 Å². The first-order chi connectivity index (χ1) is 12.8. The van der Waals surface area contributed by atoms with E-state index < -0.39 is 20.7 Å². The minimum absolute atomic E-state index is 0.100. The van der Waals surface area contributed by atoms with Crippen molar-refractivity contribution in [2.24, 2.45) is 0 Å². The first kappa shape index (κ1) is 21.2. The molecule has 0 fully saturated rings. The molecule has 9 heteroatoms. The molecule has 0 saturated heterocycles. The molecule has 0 aliphatic carbocycles. The van der Waals surface area contributed by atoms with Crippen LogP contribution in [0.1, 0.15) is 26.7 Å². The number of hydrogen-bond acceptors (Lipinski definition) is 5. The highest BCUT2D eigenvalue weighted by atomic mass is 79.9. The topological polar surface area (TPSA) is 109 Å². The van der Waals surface area contributed by atoms with Crippen molar-refractivity contribution in [2.45, 2.75) is 31.6 Å². The van der Waals surface area contributed by atoms with Crippen molar-refractivity contribution < 1.29 is 15.0 Å². The van der Waals surface area contributed by atoms with Crippen molar-refractivity contribution in [1.82, 2.24) is 0 Å². The van der Waals surface area contributed by atoms with Gasteiger partial charge in [-0.3, -0.25) is 20.2 Å². The highest BCUT2D eigenvalue weighted by Gasteiger charge is 2.32. The Balaban J connectivity index is 2.68. The molecule has 144 valence electrons. The van der Waals surface area contributed by atoms with Crippen molar-refractivity contribution in [3.05, 3.63) is 55.0 Å². The Labute approximate surface area is 168 Å². The van der Waals surface area contributed by atoms with Crippen LogP contribution in [0.25, 0.3) is 11.1 Å². The molecule has 0 saturated carbocycles. The number of rotatable bonds is 8. The van der Waals surface area contributed by atoms with Crippen LogP contribution in [-0.2, 0) is 10.9 Å². The lowest BCUT2D eigenvalue weighted by Gasteiger charge is -2.19. The zero-order valence-corrected chi connectivity index (χ0v) is 17.3. The van der Waals surface area contributed by atoms with Gasteiger partial charge in [0, 0.05) is 33.6 Å². The maximum atomic E-state index is 13.2. The fraction of sp³-hybridized carbons (Fsp3) is 0.333. The Morgan fingerprint density at radius 2 is 1.56 bits per heavy atom. The minimum Gasteiger partial charge on any atom is -0.868 e. The van der Waals surface area contributed by atoms with Gasteiger partial charge in [0.2, 0.25) is 4.90 Å². The van der Waals surface area contributed by atoms with E-state index in [4.69, 9.17) is 0 Å². The van der Waals surface area contributed by atoms with Crippen LogP contribution in [0.15, 0.2) is 39.7 Å². The van der Waals surface area contributed by atoms with E-state index in [-0.39, 0.29) is 22.0 Å². The molecular weight excluding hydrogens is 436 g/mol. The molecule has 0 atom stereocenters. The molecule has 27 heavy (non-hydrogen) atoms. The summed E-state index contributed by atoms with van der Waals surface area (Å²) in [5, 5.41) is 35.6. The number of hydrogen-bond donors (Lipinski definition) is 0. The Morgan fingerprint density at radius 1 is 0.963 bits per heavy atom. The van der Waals surface area contributed by atoms with E-state index in [1.807, 2.05) is 13.8 Å². The van der Waals surface area contributed by atoms with Crippen LogP contribution in [0.5, 0.6) is 5.75 Å². The van der Waals surface area contributed by atoms with Crippen molar-refractivity contribution in [2.75, 3.05) is 11.5 Å². The number of benzene rings is 2. The second-order valence-corrected chi connectivity index (χ2v) is 8.93. The van der Waals surface area contributed by atoms with Gasteiger partial charge >= 0.3 is 5.69 Å². The van der Waals surface area contributed by atoms with Crippen LogP contribution >= 0.6 is 15.9 Å². The number of non-ortho nitro benzene ring substituents is 1. The Morgan fingerprint density at radius 3 is 2.04 bits per heavy atom. The molecule has 0 aliphatic rings. The molecule has 0 N–H and O–H groups in total. The second-order valence-electron chi connectivity index (χ2n) is 5.87. The van der Waals surface area contributed by atoms with Gasteiger partial charge in [-0.05, 0) is 57.8 Å². The summed E-state index contributed by atoms with van der Waals surface area (Å²) in [6.45, 7) is 3.98. The van der Waals surface area contributed by atoms with Gasteiger partial charge in [-0.1, -0.05) is 13.8 Å². The van der Waals surface area contributed by atoms with Gasteiger partial charge < -0.3 is 5.11 Å². The molecule has 0 unspecified atom stereocenters. The summed E-state index contributed by atoms with van der Waals surface area (Å²) in [6, 6.07) is 6.93. The fourth-order valence-electron chi connectivity index (χ4n) is 2.82. The molecule has 2 aromatic rings. The van der Waals surface area contributed by atoms with Crippen molar-refractivity contribution >= 4 is 38.2 Å². The van der Waals surface area contributed by atoms with E-state index in [0.29, 0.717) is 15.6 Å². The van der Waals surface area contributed by atoms with Crippen LogP contribution in [0.4, 0.5) is 11.4 Å². The first-order valence-corrected chi connectivity index (χ1v) is 10.8. The van der Waals surface area contributed by atoms with E-state index in [2.05, 4.69) is 15.9 Å². The molecule has 0 bridgehead atoms. The monoisotopic (exact) mass is 454 g/mol. The largest absolute Gasteiger partial charge is 0.868 e. The van der Waals surface area contributed by atoms with Crippen LogP contribution in [-0.4, -0.2) is 21.4 Å². The van der Waals surface area contributed by atoms with E-state index in [0.717, 1.165) is 24.3 Å². The van der Waals surface area contributed by atoms with Gasteiger partial charge in [-0.25, -0.2) is 0 Å². The van der Waals surface area contributed by atoms with E-state index in [1.54, 1.807) is 0 Å². The van der Waals surface area contributed by atoms with Gasteiger partial charge in [0.1, 0.15) is 11.5 Å². The predicted molar refractivity (Wildman–Crippen MR) is 108 cm³/mol. The van der Waals surface area contributed by atoms with Crippen LogP contribution in [0.2, 0.25) is 0 Å². The van der Waals surface area contributed by atoms with Gasteiger partial charge in [-0.2, -0.15) is 0 Å². The number of nitro benzene ring substituents is 2. The highest BCUT2D eigenvalue weighted by molar-refractivity contribution is 9.10. The molecule has 2 rings (SSSR count). The summed E-state index contributed by atoms with van der Waals surface area (Å²) in [4.78, 5) is 21.7. The highest BCUT2D eigenvalue weighted by Crippen LogP contribution is 2.42. The number of nitrogens with zero attached hydrogens (tertiary/aromatic N) is 2. The Hall–Kier alpha value is -2.13. The van der Waals surface area contributed by atoms with Gasteiger partial charge in [0.05, 0.1) is 9.85 Å². The fourth-order valence-corrected chi connectivity index (χ4v) is 5.81. The molecule has 0 spiro atoms. The molecule has 0 aliphatic heterocycles. The van der Waals surface area contributed by atoms with Crippen LogP contribution in [0.3, 0.4) is 0 Å². The first-order valence-electron chi connectivity index (χ1n) is 8.42.